The number of nitrogens with zero attached hydrogens (tertiary/aromatic N) is 3. The van der Waals surface area contributed by atoms with Gasteiger partial charge in [-0.1, -0.05) is 54.4 Å². The Labute approximate surface area is 249 Å². The van der Waals surface area contributed by atoms with Gasteiger partial charge in [0.15, 0.2) is 17.8 Å². The lowest BCUT2D eigenvalue weighted by molar-refractivity contribution is -0.116. The van der Waals surface area contributed by atoms with Gasteiger partial charge in [0.2, 0.25) is 5.91 Å². The molecule has 42 heavy (non-hydrogen) atoms. The predicted octanol–water partition coefficient (Wildman–Crippen LogP) is 7.64. The number of carbonyl (C=O) groups is 2. The van der Waals surface area contributed by atoms with Crippen molar-refractivity contribution < 1.29 is 18.7 Å². The number of benzene rings is 4. The Morgan fingerprint density at radius 3 is 2.33 bits per heavy atom. The number of amidine groups is 1. The Balaban J connectivity index is 1.62. The lowest BCUT2D eigenvalue weighted by atomic mass is 10.1. The number of anilines is 3. The molecular weight excluding hydrogens is 555 g/mol. The molecule has 0 spiro atoms. The molecule has 1 heterocycles. The summed E-state index contributed by atoms with van der Waals surface area (Å²) in [6.07, 6.45) is -0.329. The van der Waals surface area contributed by atoms with E-state index in [2.05, 4.69) is 5.32 Å². The molecule has 4 aromatic rings. The van der Waals surface area contributed by atoms with Crippen molar-refractivity contribution in [2.45, 2.75) is 40.0 Å². The summed E-state index contributed by atoms with van der Waals surface area (Å²) in [5.74, 6) is -0.0375. The summed E-state index contributed by atoms with van der Waals surface area (Å²) in [7, 11) is 0. The molecule has 4 aromatic carbocycles. The number of ether oxygens (including phenoxy) is 1. The van der Waals surface area contributed by atoms with Gasteiger partial charge in [-0.25, -0.2) is 9.40 Å². The molecule has 0 saturated heterocycles. The number of hydrogen-bond donors (Lipinski definition) is 1. The summed E-state index contributed by atoms with van der Waals surface area (Å²) in [6, 6.07) is 26.6. The highest BCUT2D eigenvalue weighted by Crippen LogP contribution is 2.43. The smallest absolute Gasteiger partial charge is 0.224 e. The molecule has 1 N–H and O–H groups in total. The third-order valence-electron chi connectivity index (χ3n) is 6.86. The summed E-state index contributed by atoms with van der Waals surface area (Å²) in [5, 5.41) is 9.85. The van der Waals surface area contributed by atoms with Crippen LogP contribution in [0.3, 0.4) is 0 Å². The zero-order valence-electron chi connectivity index (χ0n) is 23.5. The largest absolute Gasteiger partial charge is 0.488 e. The topological polar surface area (TPSA) is 74.2 Å². The van der Waals surface area contributed by atoms with Gasteiger partial charge in [-0.3, -0.25) is 14.5 Å². The molecule has 7 nitrogen and oxygen atoms in total. The minimum Gasteiger partial charge on any atom is -0.488 e. The number of halogens is 2. The van der Waals surface area contributed by atoms with Crippen LogP contribution in [0.15, 0.2) is 96.1 Å². The van der Waals surface area contributed by atoms with Crippen LogP contribution in [-0.4, -0.2) is 17.5 Å². The zero-order chi connectivity index (χ0) is 29.8. The molecule has 0 bridgehead atoms. The molecule has 1 amide bonds. The molecule has 214 valence electrons. The van der Waals surface area contributed by atoms with Crippen LogP contribution >= 0.6 is 11.6 Å². The summed E-state index contributed by atoms with van der Waals surface area (Å²) in [4.78, 5) is 26.8. The van der Waals surface area contributed by atoms with E-state index in [0.29, 0.717) is 39.7 Å². The lowest BCUT2D eigenvalue weighted by Crippen LogP contribution is -2.38. The first kappa shape index (κ1) is 28.8. The van der Waals surface area contributed by atoms with E-state index in [1.165, 1.54) is 13.0 Å². The zero-order valence-corrected chi connectivity index (χ0v) is 24.2. The molecular formula is C33H30ClFN4O3. The number of aryl methyl sites for hydroxylation is 1. The van der Waals surface area contributed by atoms with E-state index >= 15 is 0 Å². The third-order valence-corrected chi connectivity index (χ3v) is 7.10. The molecule has 0 radical (unpaired) electrons. The van der Waals surface area contributed by atoms with Crippen LogP contribution in [-0.2, 0) is 16.2 Å². The summed E-state index contributed by atoms with van der Waals surface area (Å²) >= 11 is 6.53. The Morgan fingerprint density at radius 2 is 1.67 bits per heavy atom. The van der Waals surface area contributed by atoms with Crippen LogP contribution in [0, 0.1) is 12.7 Å². The maximum absolute atomic E-state index is 14.4. The predicted molar refractivity (Wildman–Crippen MR) is 165 cm³/mol. The summed E-state index contributed by atoms with van der Waals surface area (Å²) in [5.41, 5.74) is 4.15. The van der Waals surface area contributed by atoms with Crippen LogP contribution in [0.25, 0.3) is 0 Å². The fourth-order valence-corrected chi connectivity index (χ4v) is 4.86. The van der Waals surface area contributed by atoms with Crippen LogP contribution < -0.4 is 20.0 Å². The monoisotopic (exact) mass is 584 g/mol. The van der Waals surface area contributed by atoms with Gasteiger partial charge in [-0.05, 0) is 67.6 Å². The summed E-state index contributed by atoms with van der Waals surface area (Å²) in [6.45, 7) is 5.23. The average molecular weight is 585 g/mol. The molecule has 1 aliphatic heterocycles. The molecule has 0 unspecified atom stereocenters. The van der Waals surface area contributed by atoms with Crippen molar-refractivity contribution in [2.75, 3.05) is 15.2 Å². The normalized spacial score (nSPS) is 14.5. The first-order valence-electron chi connectivity index (χ1n) is 13.6. The van der Waals surface area contributed by atoms with Gasteiger partial charge in [0.25, 0.3) is 0 Å². The lowest BCUT2D eigenvalue weighted by Gasteiger charge is -2.33. The summed E-state index contributed by atoms with van der Waals surface area (Å²) < 4.78 is 20.6. The van der Waals surface area contributed by atoms with Crippen molar-refractivity contribution in [1.29, 1.82) is 0 Å². The molecule has 5 rings (SSSR count). The van der Waals surface area contributed by atoms with Crippen molar-refractivity contribution >= 4 is 46.2 Å². The van der Waals surface area contributed by atoms with Crippen LogP contribution in [0.4, 0.5) is 21.5 Å². The van der Waals surface area contributed by atoms with Crippen molar-refractivity contribution in [3.63, 3.8) is 0 Å². The van der Waals surface area contributed by atoms with Gasteiger partial charge < -0.3 is 10.1 Å². The quantitative estimate of drug-likeness (QED) is 0.219. The van der Waals surface area contributed by atoms with E-state index in [1.807, 2.05) is 48.2 Å². The molecule has 9 heteroatoms. The molecule has 1 aliphatic rings. The molecule has 1 atom stereocenters. The van der Waals surface area contributed by atoms with E-state index in [0.717, 1.165) is 11.3 Å². The number of nitrogens with one attached hydrogen (secondary N) is 1. The molecule has 0 aliphatic carbocycles. The Morgan fingerprint density at radius 1 is 0.976 bits per heavy atom. The maximum atomic E-state index is 14.4. The van der Waals surface area contributed by atoms with E-state index in [9.17, 15) is 14.0 Å². The molecule has 0 fully saturated rings. The fourth-order valence-electron chi connectivity index (χ4n) is 4.68. The number of Topliss-reactive ketones (excluding diaryl/α,β-unsaturated/α-hetero) is 1. The minimum atomic E-state index is -0.683. The van der Waals surface area contributed by atoms with Crippen molar-refractivity contribution in [3.8, 4) is 5.75 Å². The highest BCUT2D eigenvalue weighted by molar-refractivity contribution is 6.44. The van der Waals surface area contributed by atoms with Crippen molar-refractivity contribution in [3.05, 3.63) is 119 Å². The van der Waals surface area contributed by atoms with Crippen molar-refractivity contribution in [2.24, 2.45) is 5.10 Å². The van der Waals surface area contributed by atoms with Gasteiger partial charge in [-0.2, -0.15) is 0 Å². The van der Waals surface area contributed by atoms with Crippen LogP contribution in [0.1, 0.15) is 43.1 Å². The van der Waals surface area contributed by atoms with Crippen LogP contribution in [0.5, 0.6) is 5.75 Å². The SMILES string of the molecule is CCC(=O)Nc1ccc(N2C(C(C)=O)=NN(c3ccc(C)cc3)[C@H]2c2cc(Cl)ccc2OCc2ccccc2F)cc1. The van der Waals surface area contributed by atoms with E-state index in [4.69, 9.17) is 21.4 Å². The molecule has 0 saturated carbocycles. The molecule has 0 aromatic heterocycles. The average Bonchev–Trinajstić information content (AvgIpc) is 3.39. The Bertz CT molecular complexity index is 1640. The highest BCUT2D eigenvalue weighted by atomic mass is 35.5. The Kier molecular flexibility index (Phi) is 8.54. The second kappa shape index (κ2) is 12.4. The van der Waals surface area contributed by atoms with Gasteiger partial charge in [-0.15, -0.1) is 5.10 Å². The van der Waals surface area contributed by atoms with Gasteiger partial charge >= 0.3 is 0 Å². The maximum Gasteiger partial charge on any atom is 0.224 e. The first-order chi connectivity index (χ1) is 20.2. The number of hydrogen-bond acceptors (Lipinski definition) is 6. The number of carbonyl (C=O) groups excluding carboxylic acids is 2. The number of hydrazone groups is 1. The van der Waals surface area contributed by atoms with Crippen LogP contribution in [0.2, 0.25) is 5.02 Å². The third kappa shape index (κ3) is 6.14. The second-order valence-electron chi connectivity index (χ2n) is 9.91. The van der Waals surface area contributed by atoms with E-state index in [1.54, 1.807) is 60.5 Å². The Hall–Kier alpha value is -4.69. The first-order valence-corrected chi connectivity index (χ1v) is 13.9. The van der Waals surface area contributed by atoms with Gasteiger partial charge in [0.05, 0.1) is 5.69 Å². The van der Waals surface area contributed by atoms with Gasteiger partial charge in [0, 0.05) is 40.9 Å². The number of rotatable bonds is 9. The fraction of sp³-hybridized carbons (Fsp3) is 0.182. The number of ketones is 1. The second-order valence-corrected chi connectivity index (χ2v) is 10.4. The van der Waals surface area contributed by atoms with Gasteiger partial charge in [0.1, 0.15) is 18.2 Å². The standard InChI is InChI=1S/C33H30ClFN4O3/c1-4-31(41)36-25-12-16-26(17-13-25)38-32(22(3)40)37-39(27-14-9-21(2)10-15-27)33(38)28-19-24(34)11-18-30(28)42-20-23-7-5-6-8-29(23)35/h5-19,33H,4,20H2,1-3H3,(H,36,41)/t33-/m0/s1. The minimum absolute atomic E-state index is 0.00912. The number of amides is 1. The van der Waals surface area contributed by atoms with E-state index in [-0.39, 0.29) is 30.0 Å². The highest BCUT2D eigenvalue weighted by Gasteiger charge is 2.41. The van der Waals surface area contributed by atoms with E-state index < -0.39 is 6.17 Å². The van der Waals surface area contributed by atoms with Crippen molar-refractivity contribution in [1.82, 2.24) is 0 Å².